The number of rotatable bonds is 5. The lowest BCUT2D eigenvalue weighted by molar-refractivity contribution is 0.670. The van der Waals surface area contributed by atoms with Crippen molar-refractivity contribution in [2.75, 3.05) is 0 Å². The predicted octanol–water partition coefficient (Wildman–Crippen LogP) is 13.8. The molecule has 270 valence electrons. The second kappa shape index (κ2) is 12.8. The molecule has 3 aromatic heterocycles. The van der Waals surface area contributed by atoms with Gasteiger partial charge in [-0.15, -0.1) is 0 Å². The third-order valence-corrected chi connectivity index (χ3v) is 10.9. The molecule has 0 saturated heterocycles. The lowest BCUT2D eigenvalue weighted by Crippen LogP contribution is -2.04. The van der Waals surface area contributed by atoms with E-state index in [1.54, 1.807) is 16.7 Å². The van der Waals surface area contributed by atoms with Crippen LogP contribution < -0.4 is 0 Å². The quantitative estimate of drug-likeness (QED) is 0.165. The molecule has 5 nitrogen and oxygen atoms in total. The van der Waals surface area contributed by atoms with E-state index in [0.29, 0.717) is 28.5 Å². The summed E-state index contributed by atoms with van der Waals surface area (Å²) in [6, 6.07) is 46.9. The summed E-state index contributed by atoms with van der Waals surface area (Å²) in [6.45, 7) is 0. The van der Waals surface area contributed by atoms with Gasteiger partial charge in [0.2, 0.25) is 0 Å². The molecule has 0 unspecified atom stereocenters. The van der Waals surface area contributed by atoms with Crippen LogP contribution in [0.25, 0.3) is 116 Å². The smallest absolute Gasteiger partial charge is 0.166 e. The van der Waals surface area contributed by atoms with Gasteiger partial charge in [0, 0.05) is 43.8 Å². The van der Waals surface area contributed by atoms with E-state index in [1.165, 1.54) is 6.07 Å². The zero-order valence-corrected chi connectivity index (χ0v) is 30.6. The van der Waals surface area contributed by atoms with Crippen molar-refractivity contribution in [1.29, 1.82) is 0 Å². The molecule has 0 aliphatic carbocycles. The second-order valence-electron chi connectivity index (χ2n) is 14.2. The molecule has 12 aromatic rings. The normalized spacial score (nSPS) is 13.5. The van der Waals surface area contributed by atoms with Crippen molar-refractivity contribution in [3.63, 3.8) is 0 Å². The van der Waals surface area contributed by atoms with Gasteiger partial charge in [-0.3, -0.25) is 0 Å². The summed E-state index contributed by atoms with van der Waals surface area (Å²) in [4.78, 5) is 15.7. The number of fused-ring (bicyclic) bond motifs is 9. The zero-order valence-electron chi connectivity index (χ0n) is 37.6. The van der Waals surface area contributed by atoms with Crippen molar-refractivity contribution >= 4 is 65.3 Å². The van der Waals surface area contributed by atoms with Crippen LogP contribution >= 0.6 is 0 Å². The number of aromatic nitrogens is 4. The van der Waals surface area contributed by atoms with Gasteiger partial charge < -0.3 is 8.98 Å². The van der Waals surface area contributed by atoms with Crippen molar-refractivity contribution in [3.8, 4) is 51.0 Å². The van der Waals surface area contributed by atoms with Crippen LogP contribution in [-0.4, -0.2) is 19.5 Å². The Morgan fingerprint density at radius 1 is 0.414 bits per heavy atom. The molecule has 0 aliphatic heterocycles. The van der Waals surface area contributed by atoms with Gasteiger partial charge in [-0.2, -0.15) is 0 Å². The van der Waals surface area contributed by atoms with Gasteiger partial charge in [-0.1, -0.05) is 152 Å². The van der Waals surface area contributed by atoms with Crippen molar-refractivity contribution in [2.45, 2.75) is 0 Å². The fraction of sp³-hybridized carbons (Fsp3) is 0. The Morgan fingerprint density at radius 3 is 1.97 bits per heavy atom. The Morgan fingerprint density at radius 2 is 1.05 bits per heavy atom. The average Bonchev–Trinajstić information content (AvgIpc) is 3.92. The monoisotopic (exact) mass is 747 g/mol. The minimum Gasteiger partial charge on any atom is -0.455 e. The summed E-state index contributed by atoms with van der Waals surface area (Å²) in [5, 5.41) is 6.27. The Labute approximate surface area is 343 Å². The van der Waals surface area contributed by atoms with E-state index in [1.807, 2.05) is 91.0 Å². The van der Waals surface area contributed by atoms with Crippen LogP contribution in [0.5, 0.6) is 0 Å². The number of benzene rings is 9. The van der Waals surface area contributed by atoms with Crippen LogP contribution in [0.15, 0.2) is 198 Å². The molecular weight excluding hydrogens is 709 g/mol. The molecule has 9 aromatic carbocycles. The minimum absolute atomic E-state index is 0.0596. The van der Waals surface area contributed by atoms with Crippen LogP contribution in [-0.2, 0) is 0 Å². The number of furan rings is 1. The summed E-state index contributed by atoms with van der Waals surface area (Å²) in [6.07, 6.45) is 0. The molecule has 5 heteroatoms. The summed E-state index contributed by atoms with van der Waals surface area (Å²) in [7, 11) is 0. The molecule has 0 amide bonds. The van der Waals surface area contributed by atoms with Gasteiger partial charge in [-0.05, 0) is 69.5 Å². The maximum Gasteiger partial charge on any atom is 0.166 e. The maximum absolute atomic E-state index is 9.20. The molecule has 0 bridgehead atoms. The highest BCUT2D eigenvalue weighted by atomic mass is 16.3. The Bertz CT molecular complexity index is 4010. The second-order valence-corrected chi connectivity index (χ2v) is 14.2. The average molecular weight is 748 g/mol. The van der Waals surface area contributed by atoms with E-state index < -0.39 is 12.1 Å². The van der Waals surface area contributed by atoms with Crippen LogP contribution in [0.2, 0.25) is 0 Å². The number of hydrogen-bond donors (Lipinski definition) is 0. The molecule has 58 heavy (non-hydrogen) atoms. The first-order valence-corrected chi connectivity index (χ1v) is 19.0. The third-order valence-electron chi connectivity index (χ3n) is 10.9. The van der Waals surface area contributed by atoms with E-state index >= 15 is 0 Å². The Kier molecular flexibility index (Phi) is 5.76. The van der Waals surface area contributed by atoms with E-state index in [-0.39, 0.29) is 57.8 Å². The molecular formula is C53H32N4O. The van der Waals surface area contributed by atoms with Crippen molar-refractivity contribution < 1.29 is 14.0 Å². The molecule has 0 atom stereocenters. The molecule has 0 saturated carbocycles. The third kappa shape index (κ3) is 5.00. The SMILES string of the molecule is [2H]c1cc([2H])c2c(c1[2H])c1c([2H])c([2H])c([2H])c([2H])c1n2-c1ccccc1-c1nc(-c2cccc(-c3cccc4c3oc3ccccc34)c2)nc(-c2cc3ccccc3c3ccccc23)n1. The minimum atomic E-state index is -0.468. The van der Waals surface area contributed by atoms with Crippen molar-refractivity contribution in [2.24, 2.45) is 0 Å². The molecule has 0 N–H and O–H groups in total. The summed E-state index contributed by atoms with van der Waals surface area (Å²) in [5.74, 6) is 1.06. The summed E-state index contributed by atoms with van der Waals surface area (Å²) >= 11 is 0. The fourth-order valence-electron chi connectivity index (χ4n) is 8.35. The Balaban J connectivity index is 1.15. The predicted molar refractivity (Wildman–Crippen MR) is 238 cm³/mol. The molecule has 0 radical (unpaired) electrons. The highest BCUT2D eigenvalue weighted by Gasteiger charge is 2.21. The summed E-state index contributed by atoms with van der Waals surface area (Å²) in [5.41, 5.74) is 6.02. The highest BCUT2D eigenvalue weighted by Crippen LogP contribution is 2.40. The van der Waals surface area contributed by atoms with Gasteiger partial charge in [0.15, 0.2) is 17.5 Å². The van der Waals surface area contributed by atoms with Crippen LogP contribution in [0.3, 0.4) is 0 Å². The van der Waals surface area contributed by atoms with Crippen LogP contribution in [0, 0.1) is 0 Å². The number of nitrogens with zero attached hydrogens (tertiary/aromatic N) is 4. The standard InChI is InChI=1S/C53H32N4O/c1-2-18-36-34(15-1)32-45(39-20-4-3-19-38(36)39)53-55-51(35-17-13-16-33(31-35)37-25-14-26-43-42-23-8-12-30-49(42)58-50(37)43)54-52(56-53)44-24-7-11-29-48(44)57-46-27-9-5-21-40(46)41-22-6-10-28-47(41)57/h1-32H/i5D,6D,9D,21D,22D,27D,28D. The van der Waals surface area contributed by atoms with Crippen LogP contribution in [0.1, 0.15) is 9.60 Å². The fourth-order valence-corrected chi connectivity index (χ4v) is 8.35. The first-order chi connectivity index (χ1) is 31.7. The van der Waals surface area contributed by atoms with Gasteiger partial charge >= 0.3 is 0 Å². The molecule has 3 heterocycles. The number of para-hydroxylation sites is 5. The van der Waals surface area contributed by atoms with Crippen molar-refractivity contribution in [3.05, 3.63) is 194 Å². The zero-order chi connectivity index (χ0) is 44.2. The first kappa shape index (κ1) is 26.1. The largest absolute Gasteiger partial charge is 0.455 e. The van der Waals surface area contributed by atoms with Gasteiger partial charge in [-0.25, -0.2) is 15.0 Å². The lowest BCUT2D eigenvalue weighted by atomic mass is 9.96. The van der Waals surface area contributed by atoms with E-state index in [0.717, 1.165) is 60.2 Å². The van der Waals surface area contributed by atoms with Gasteiger partial charge in [0.05, 0.1) is 26.3 Å². The van der Waals surface area contributed by atoms with E-state index in [9.17, 15) is 1.37 Å². The molecule has 12 rings (SSSR count). The van der Waals surface area contributed by atoms with E-state index in [2.05, 4.69) is 42.5 Å². The van der Waals surface area contributed by atoms with Crippen molar-refractivity contribution in [1.82, 2.24) is 19.5 Å². The molecule has 0 spiro atoms. The topological polar surface area (TPSA) is 56.7 Å². The lowest BCUT2D eigenvalue weighted by Gasteiger charge is -2.15. The number of hydrogen-bond acceptors (Lipinski definition) is 4. The van der Waals surface area contributed by atoms with Crippen LogP contribution in [0.4, 0.5) is 0 Å². The molecule has 0 aliphatic rings. The first-order valence-electron chi connectivity index (χ1n) is 22.5. The molecule has 0 fully saturated rings. The Hall–Kier alpha value is -7.89. The van der Waals surface area contributed by atoms with Gasteiger partial charge in [0.25, 0.3) is 0 Å². The van der Waals surface area contributed by atoms with Gasteiger partial charge in [0.1, 0.15) is 11.2 Å². The highest BCUT2D eigenvalue weighted by molar-refractivity contribution is 6.14. The maximum atomic E-state index is 9.20. The van der Waals surface area contributed by atoms with E-state index in [4.69, 9.17) is 27.6 Å². The summed E-state index contributed by atoms with van der Waals surface area (Å²) < 4.78 is 70.2.